The van der Waals surface area contributed by atoms with Crippen LogP contribution in [0.1, 0.15) is 78.6 Å². The third-order valence-electron chi connectivity index (χ3n) is 11.2. The number of benzene rings is 1. The predicted molar refractivity (Wildman–Crippen MR) is 228 cm³/mol. The summed E-state index contributed by atoms with van der Waals surface area (Å²) in [6, 6.07) is 2.22. The Hall–Kier alpha value is -5.69. The number of alkyl carbamates (subject to hydrolysis) is 1. The number of Topliss-reactive ketones (excluding diaryl/α,β-unsaturated/α-hetero) is 1. The molecule has 18 nitrogen and oxygen atoms in total. The van der Waals surface area contributed by atoms with E-state index in [1.807, 2.05) is 19.9 Å². The lowest BCUT2D eigenvalue weighted by Crippen LogP contribution is -2.58. The molecule has 1 saturated carbocycles. The van der Waals surface area contributed by atoms with Gasteiger partial charge in [-0.25, -0.2) is 17.9 Å². The molecule has 1 saturated heterocycles. The largest absolute Gasteiger partial charge is 0.449 e. The van der Waals surface area contributed by atoms with Gasteiger partial charge < -0.3 is 36.6 Å². The Labute approximate surface area is 361 Å². The van der Waals surface area contributed by atoms with Crippen LogP contribution in [0.25, 0.3) is 10.9 Å². The zero-order valence-electron chi connectivity index (χ0n) is 35.3. The minimum Gasteiger partial charge on any atom is -0.449 e. The fourth-order valence-corrected chi connectivity index (χ4v) is 9.54. The third kappa shape index (κ3) is 12.5. The lowest BCUT2D eigenvalue weighted by molar-refractivity contribution is -0.143. The van der Waals surface area contributed by atoms with Crippen molar-refractivity contribution >= 4 is 62.3 Å². The summed E-state index contributed by atoms with van der Waals surface area (Å²) in [5.41, 5.74) is 5.75. The topological polar surface area (TPSA) is 265 Å². The van der Waals surface area contributed by atoms with Gasteiger partial charge in [-0.2, -0.15) is 0 Å². The molecule has 3 unspecified atom stereocenters. The van der Waals surface area contributed by atoms with Crippen LogP contribution in [-0.4, -0.2) is 110 Å². The van der Waals surface area contributed by atoms with Gasteiger partial charge in [0.15, 0.2) is 0 Å². The van der Waals surface area contributed by atoms with Crippen LogP contribution in [0.5, 0.6) is 0 Å². The molecule has 1 aliphatic heterocycles. The summed E-state index contributed by atoms with van der Waals surface area (Å²) in [7, 11) is -4.28. The van der Waals surface area contributed by atoms with Gasteiger partial charge >= 0.3 is 6.09 Å². The molecule has 5 rings (SSSR count). The molecule has 336 valence electrons. The molecule has 0 radical (unpaired) electrons. The third-order valence-corrected chi connectivity index (χ3v) is 12.8. The predicted octanol–water partition coefficient (Wildman–Crippen LogP) is 1.89. The summed E-state index contributed by atoms with van der Waals surface area (Å²) in [4.78, 5) is 99.1. The average Bonchev–Trinajstić information content (AvgIpc) is 3.68. The van der Waals surface area contributed by atoms with Crippen LogP contribution in [0, 0.1) is 17.8 Å². The number of fused-ring (bicyclic) bond motifs is 1. The van der Waals surface area contributed by atoms with E-state index in [1.165, 1.54) is 17.2 Å². The Morgan fingerprint density at radius 1 is 0.952 bits per heavy atom. The number of allylic oxidation sites excluding steroid dienone is 3. The number of nitrogens with two attached hydrogens (primary N) is 1. The van der Waals surface area contributed by atoms with Crippen LogP contribution in [0.4, 0.5) is 4.79 Å². The van der Waals surface area contributed by atoms with Crippen molar-refractivity contribution in [1.29, 1.82) is 0 Å². The van der Waals surface area contributed by atoms with Gasteiger partial charge in [0.1, 0.15) is 23.0 Å². The zero-order valence-corrected chi connectivity index (χ0v) is 36.2. The standard InChI is InChI=1S/C43H58N8O10S/c1-4-13-31(38(53)41(56)46-23-34(52)48-36(39(44)54)28-14-7-5-8-15-28)47-40(55)32-22-30(50-62(59,60)33-20-11-18-27-19-12-21-45-35(27)33)24-51(32)42(57)37(29-16-9-6-10-17-29)49-43(58)61-25-26(2)3/h5,7-8,11-12,14,18-21,26,28-32,36-37,50H,4,6,9-10,13,15-17,22-25H2,1-3H3,(H2,44,54)(H,46,56)(H,47,55)(H,48,52)(H,49,58)/t28?,30?,31?,32-,36-,37-/m0/s1. The van der Waals surface area contributed by atoms with Gasteiger partial charge in [0, 0.05) is 30.1 Å². The number of sulfonamides is 1. The number of amides is 6. The monoisotopic (exact) mass is 878 g/mol. The van der Waals surface area contributed by atoms with Crippen LogP contribution >= 0.6 is 0 Å². The molecule has 2 fully saturated rings. The van der Waals surface area contributed by atoms with Crippen molar-refractivity contribution in [2.45, 2.75) is 114 Å². The van der Waals surface area contributed by atoms with Crippen molar-refractivity contribution in [3.05, 3.63) is 60.8 Å². The van der Waals surface area contributed by atoms with E-state index < -0.39 is 94.1 Å². The fraction of sp³-hybridized carbons (Fsp3) is 0.535. The van der Waals surface area contributed by atoms with Crippen LogP contribution in [-0.2, 0) is 43.5 Å². The quantitative estimate of drug-likeness (QED) is 0.111. The highest BCUT2D eigenvalue weighted by atomic mass is 32.2. The van der Waals surface area contributed by atoms with E-state index in [0.717, 1.165) is 19.3 Å². The Bertz CT molecular complexity index is 2150. The number of hydrogen-bond donors (Lipinski definition) is 6. The number of carbonyl (C=O) groups is 7. The second-order valence-electron chi connectivity index (χ2n) is 16.5. The number of likely N-dealkylation sites (tertiary alicyclic amines) is 1. The number of nitrogens with zero attached hydrogens (tertiary/aromatic N) is 2. The summed E-state index contributed by atoms with van der Waals surface area (Å²) >= 11 is 0. The SMILES string of the molecule is CCCC(NC(=O)[C@@H]1CC(NS(=O)(=O)c2cccc3cccnc23)CN1C(=O)[C@@H](NC(=O)OCC(C)C)C1CCCCC1)C(=O)C(=O)NCC(=O)N[C@H](C(N)=O)C1C=CC=CC1. The number of rotatable bonds is 19. The van der Waals surface area contributed by atoms with E-state index in [4.69, 9.17) is 10.5 Å². The van der Waals surface area contributed by atoms with Gasteiger partial charge in [0.25, 0.3) is 5.91 Å². The smallest absolute Gasteiger partial charge is 0.407 e. The number of ether oxygens (including phenoxy) is 1. The minimum atomic E-state index is -4.28. The number of pyridine rings is 1. The Morgan fingerprint density at radius 2 is 1.69 bits per heavy atom. The molecular weight excluding hydrogens is 821 g/mol. The molecule has 3 aliphatic rings. The fourth-order valence-electron chi connectivity index (χ4n) is 8.12. The Kier molecular flexibility index (Phi) is 16.7. The molecule has 7 N–H and O–H groups in total. The summed E-state index contributed by atoms with van der Waals surface area (Å²) in [5.74, 6) is -5.90. The van der Waals surface area contributed by atoms with Crippen molar-refractivity contribution in [2.75, 3.05) is 19.7 Å². The van der Waals surface area contributed by atoms with Crippen molar-refractivity contribution in [1.82, 2.24) is 35.9 Å². The lowest BCUT2D eigenvalue weighted by atomic mass is 9.83. The number of aromatic nitrogens is 1. The van der Waals surface area contributed by atoms with Crippen LogP contribution < -0.4 is 31.7 Å². The molecule has 2 aromatic rings. The average molecular weight is 879 g/mol. The van der Waals surface area contributed by atoms with E-state index >= 15 is 0 Å². The second kappa shape index (κ2) is 21.9. The first kappa shape index (κ1) is 47.4. The van der Waals surface area contributed by atoms with Gasteiger partial charge in [-0.15, -0.1) is 0 Å². The van der Waals surface area contributed by atoms with E-state index in [9.17, 15) is 42.0 Å². The van der Waals surface area contributed by atoms with Gasteiger partial charge in [-0.05, 0) is 56.1 Å². The molecule has 1 aromatic heterocycles. The van der Waals surface area contributed by atoms with E-state index in [0.29, 0.717) is 31.1 Å². The molecule has 0 bridgehead atoms. The molecule has 1 aromatic carbocycles. The van der Waals surface area contributed by atoms with Crippen LogP contribution in [0.2, 0.25) is 0 Å². The van der Waals surface area contributed by atoms with Crippen molar-refractivity contribution in [2.24, 2.45) is 23.5 Å². The highest BCUT2D eigenvalue weighted by Gasteiger charge is 2.46. The number of primary amides is 1. The normalized spacial score (nSPS) is 20.5. The minimum absolute atomic E-state index is 0.00816. The first-order valence-electron chi connectivity index (χ1n) is 21.2. The molecule has 62 heavy (non-hydrogen) atoms. The molecule has 0 spiro atoms. The maximum Gasteiger partial charge on any atom is 0.407 e. The molecule has 6 atom stereocenters. The number of ketones is 1. The molecule has 2 aliphatic carbocycles. The van der Waals surface area contributed by atoms with E-state index in [-0.39, 0.29) is 48.2 Å². The summed E-state index contributed by atoms with van der Waals surface area (Å²) in [5, 5.41) is 10.7. The van der Waals surface area contributed by atoms with E-state index in [1.54, 1.807) is 49.4 Å². The van der Waals surface area contributed by atoms with Crippen LogP contribution in [0.3, 0.4) is 0 Å². The lowest BCUT2D eigenvalue weighted by Gasteiger charge is -2.34. The molecule has 19 heteroatoms. The van der Waals surface area contributed by atoms with Gasteiger partial charge in [0.05, 0.1) is 24.7 Å². The highest BCUT2D eigenvalue weighted by molar-refractivity contribution is 7.89. The maximum absolute atomic E-state index is 14.7. The van der Waals surface area contributed by atoms with Crippen LogP contribution in [0.15, 0.2) is 65.7 Å². The van der Waals surface area contributed by atoms with Crippen molar-refractivity contribution in [3.8, 4) is 0 Å². The van der Waals surface area contributed by atoms with Gasteiger partial charge in [-0.3, -0.25) is 33.8 Å². The van der Waals surface area contributed by atoms with E-state index in [2.05, 4.69) is 31.0 Å². The number of hydrogen-bond acceptors (Lipinski definition) is 11. The molecule has 6 amide bonds. The number of carbonyl (C=O) groups excluding carboxylic acids is 7. The maximum atomic E-state index is 14.7. The van der Waals surface area contributed by atoms with Gasteiger partial charge in [-0.1, -0.05) is 89.0 Å². The Morgan fingerprint density at radius 3 is 2.37 bits per heavy atom. The summed E-state index contributed by atoms with van der Waals surface area (Å²) in [6.45, 7) is 4.64. The van der Waals surface area contributed by atoms with Crippen molar-refractivity contribution in [3.63, 3.8) is 0 Å². The van der Waals surface area contributed by atoms with Gasteiger partial charge in [0.2, 0.25) is 39.4 Å². The van der Waals surface area contributed by atoms with Crippen molar-refractivity contribution < 1.29 is 46.7 Å². The summed E-state index contributed by atoms with van der Waals surface area (Å²) in [6.07, 6.45) is 12.1. The molecular formula is C43H58N8O10S. The molecule has 2 heterocycles. The number of para-hydroxylation sites is 1. The number of nitrogens with one attached hydrogen (secondary N) is 5. The first-order chi connectivity index (χ1) is 29.6. The second-order valence-corrected chi connectivity index (χ2v) is 18.1. The Balaban J connectivity index is 1.36. The summed E-state index contributed by atoms with van der Waals surface area (Å²) < 4.78 is 35.9. The first-order valence-corrected chi connectivity index (χ1v) is 22.7. The zero-order chi connectivity index (χ0) is 45.0. The highest BCUT2D eigenvalue weighted by Crippen LogP contribution is 2.31.